The molecule has 3 aromatic rings. The molecule has 1 saturated heterocycles. The van der Waals surface area contributed by atoms with Crippen LogP contribution in [-0.2, 0) is 13.5 Å². The quantitative estimate of drug-likeness (QED) is 0.527. The number of H-pyrrole nitrogens is 1. The minimum Gasteiger partial charge on any atom is -0.493 e. The van der Waals surface area contributed by atoms with Crippen LogP contribution in [0.4, 0.5) is 0 Å². The molecule has 0 aliphatic carbocycles. The van der Waals surface area contributed by atoms with Gasteiger partial charge in [0.1, 0.15) is 17.1 Å². The first-order valence-corrected chi connectivity index (χ1v) is 12.1. The van der Waals surface area contributed by atoms with E-state index in [-0.39, 0.29) is 5.56 Å². The van der Waals surface area contributed by atoms with E-state index in [0.29, 0.717) is 41.3 Å². The highest BCUT2D eigenvalue weighted by Crippen LogP contribution is 2.34. The first-order valence-electron chi connectivity index (χ1n) is 11.3. The smallest absolute Gasteiger partial charge is 0.277 e. The molecule has 0 bridgehead atoms. The van der Waals surface area contributed by atoms with Crippen LogP contribution in [0.5, 0.6) is 5.75 Å². The summed E-state index contributed by atoms with van der Waals surface area (Å²) in [6.07, 6.45) is 1.72. The maximum absolute atomic E-state index is 12.9. The maximum atomic E-state index is 12.9. The monoisotopic (exact) mass is 456 g/mol. The summed E-state index contributed by atoms with van der Waals surface area (Å²) >= 11 is 1.73. The fourth-order valence-electron chi connectivity index (χ4n) is 4.31. The number of nitrogens with zero attached hydrogens (tertiary/aromatic N) is 4. The van der Waals surface area contributed by atoms with Crippen LogP contribution in [-0.4, -0.2) is 55.8 Å². The molecule has 0 radical (unpaired) electrons. The highest BCUT2D eigenvalue weighted by Gasteiger charge is 2.23. The van der Waals surface area contributed by atoms with E-state index in [2.05, 4.69) is 52.6 Å². The molecule has 1 aromatic carbocycles. The lowest BCUT2D eigenvalue weighted by Crippen LogP contribution is -2.51. The van der Waals surface area contributed by atoms with E-state index in [1.54, 1.807) is 23.7 Å². The van der Waals surface area contributed by atoms with Gasteiger partial charge in [-0.3, -0.25) is 9.48 Å². The number of nitrogens with one attached hydrogen (secondary N) is 2. The Morgan fingerprint density at radius 3 is 2.66 bits per heavy atom. The number of hydrogen-bond donors (Lipinski definition) is 2. The topological polar surface area (TPSA) is 88.1 Å². The Labute approximate surface area is 192 Å². The third-order valence-electron chi connectivity index (χ3n) is 5.51. The van der Waals surface area contributed by atoms with Crippen LogP contribution in [0, 0.1) is 0 Å². The first kappa shape index (κ1) is 22.8. The third-order valence-corrected chi connectivity index (χ3v) is 6.54. The molecule has 32 heavy (non-hydrogen) atoms. The van der Waals surface area contributed by atoms with Gasteiger partial charge in [-0.05, 0) is 57.3 Å². The van der Waals surface area contributed by atoms with Gasteiger partial charge in [-0.25, -0.2) is 9.29 Å². The molecule has 0 amide bonds. The van der Waals surface area contributed by atoms with Crippen LogP contribution in [0.25, 0.3) is 22.4 Å². The SMILES string of the molecule is CCCc1nn(C)c2c(=O)[nH]c(-c3cc(SN4CC(C)NC(C)C4)ccc3OCC)nc12. The predicted molar refractivity (Wildman–Crippen MR) is 129 cm³/mol. The van der Waals surface area contributed by atoms with Crippen molar-refractivity contribution in [2.24, 2.45) is 7.05 Å². The van der Waals surface area contributed by atoms with E-state index in [4.69, 9.17) is 9.72 Å². The first-order chi connectivity index (χ1) is 15.4. The van der Waals surface area contributed by atoms with Gasteiger partial charge < -0.3 is 15.0 Å². The van der Waals surface area contributed by atoms with Crippen LogP contribution < -0.4 is 15.6 Å². The van der Waals surface area contributed by atoms with E-state index >= 15 is 0 Å². The van der Waals surface area contributed by atoms with Crippen molar-refractivity contribution in [3.63, 3.8) is 0 Å². The summed E-state index contributed by atoms with van der Waals surface area (Å²) < 4.78 is 9.89. The average Bonchev–Trinajstić information content (AvgIpc) is 3.04. The van der Waals surface area contributed by atoms with Gasteiger partial charge in [0, 0.05) is 37.1 Å². The number of aryl methyl sites for hydroxylation is 2. The van der Waals surface area contributed by atoms with Crippen LogP contribution >= 0.6 is 11.9 Å². The molecule has 0 spiro atoms. The number of benzene rings is 1. The summed E-state index contributed by atoms with van der Waals surface area (Å²) in [6.45, 7) is 10.9. The Bertz CT molecular complexity index is 1150. The molecule has 9 heteroatoms. The molecule has 4 rings (SSSR count). The number of rotatable bonds is 7. The molecule has 1 fully saturated rings. The van der Waals surface area contributed by atoms with E-state index < -0.39 is 0 Å². The number of aromatic amines is 1. The fraction of sp³-hybridized carbons (Fsp3) is 0.522. The van der Waals surface area contributed by atoms with Gasteiger partial charge >= 0.3 is 0 Å². The molecule has 3 heterocycles. The van der Waals surface area contributed by atoms with Crippen LogP contribution in [0.15, 0.2) is 27.9 Å². The second kappa shape index (κ2) is 9.64. The van der Waals surface area contributed by atoms with Gasteiger partial charge in [-0.2, -0.15) is 5.10 Å². The summed E-state index contributed by atoms with van der Waals surface area (Å²) in [7, 11) is 1.79. The predicted octanol–water partition coefficient (Wildman–Crippen LogP) is 3.36. The van der Waals surface area contributed by atoms with Crippen molar-refractivity contribution in [3.05, 3.63) is 34.2 Å². The van der Waals surface area contributed by atoms with Crippen molar-refractivity contribution < 1.29 is 4.74 Å². The fourth-order valence-corrected chi connectivity index (χ4v) is 5.51. The van der Waals surface area contributed by atoms with Crippen molar-refractivity contribution in [2.75, 3.05) is 19.7 Å². The Hall–Kier alpha value is -2.36. The van der Waals surface area contributed by atoms with Gasteiger partial charge in [-0.1, -0.05) is 13.3 Å². The average molecular weight is 457 g/mol. The number of aromatic nitrogens is 4. The number of piperazine rings is 1. The highest BCUT2D eigenvalue weighted by atomic mass is 32.2. The largest absolute Gasteiger partial charge is 0.493 e. The molecule has 2 atom stereocenters. The van der Waals surface area contributed by atoms with E-state index in [0.717, 1.165) is 42.1 Å². The summed E-state index contributed by atoms with van der Waals surface area (Å²) in [6, 6.07) is 6.98. The molecule has 2 aromatic heterocycles. The van der Waals surface area contributed by atoms with Crippen molar-refractivity contribution in [2.45, 2.75) is 57.5 Å². The molecular weight excluding hydrogens is 424 g/mol. The Morgan fingerprint density at radius 2 is 1.97 bits per heavy atom. The van der Waals surface area contributed by atoms with Crippen molar-refractivity contribution in [3.8, 4) is 17.1 Å². The molecule has 8 nitrogen and oxygen atoms in total. The Kier molecular flexibility index (Phi) is 6.88. The number of ether oxygens (including phenoxy) is 1. The van der Waals surface area contributed by atoms with Crippen molar-refractivity contribution in [1.82, 2.24) is 29.4 Å². The summed E-state index contributed by atoms with van der Waals surface area (Å²) in [4.78, 5) is 21.8. The van der Waals surface area contributed by atoms with Crippen molar-refractivity contribution in [1.29, 1.82) is 0 Å². The molecule has 0 saturated carbocycles. The van der Waals surface area contributed by atoms with E-state index in [9.17, 15) is 4.79 Å². The Morgan fingerprint density at radius 1 is 1.22 bits per heavy atom. The lowest BCUT2D eigenvalue weighted by Gasteiger charge is -2.35. The molecule has 2 unspecified atom stereocenters. The molecule has 172 valence electrons. The lowest BCUT2D eigenvalue weighted by molar-refractivity contribution is 0.281. The third kappa shape index (κ3) is 4.69. The minimum atomic E-state index is -0.187. The van der Waals surface area contributed by atoms with Gasteiger partial charge in [-0.15, -0.1) is 0 Å². The number of fused-ring (bicyclic) bond motifs is 1. The summed E-state index contributed by atoms with van der Waals surface area (Å²) in [5.74, 6) is 1.23. The zero-order chi connectivity index (χ0) is 22.8. The zero-order valence-corrected chi connectivity index (χ0v) is 20.3. The van der Waals surface area contributed by atoms with Gasteiger partial charge in [0.25, 0.3) is 5.56 Å². The summed E-state index contributed by atoms with van der Waals surface area (Å²) in [5, 5.41) is 8.10. The molecule has 2 N–H and O–H groups in total. The van der Waals surface area contributed by atoms with Crippen LogP contribution in [0.1, 0.15) is 39.8 Å². The van der Waals surface area contributed by atoms with Gasteiger partial charge in [0.2, 0.25) is 0 Å². The van der Waals surface area contributed by atoms with Gasteiger partial charge in [0.05, 0.1) is 17.9 Å². The second-order valence-corrected chi connectivity index (χ2v) is 9.60. The standard InChI is InChI=1S/C23H32N6O2S/c1-6-8-18-20-21(28(5)27-18)23(30)26-22(25-20)17-11-16(9-10-19(17)31-7-2)32-29-12-14(3)24-15(4)13-29/h9-11,14-15,24H,6-8,12-13H2,1-5H3,(H,25,26,30). The molecule has 1 aliphatic rings. The van der Waals surface area contributed by atoms with Crippen LogP contribution in [0.2, 0.25) is 0 Å². The second-order valence-electron chi connectivity index (χ2n) is 8.43. The van der Waals surface area contributed by atoms with Crippen LogP contribution in [0.3, 0.4) is 0 Å². The lowest BCUT2D eigenvalue weighted by atomic mass is 10.1. The summed E-state index contributed by atoms with van der Waals surface area (Å²) in [5.41, 5.74) is 2.62. The zero-order valence-electron chi connectivity index (χ0n) is 19.4. The Balaban J connectivity index is 1.76. The highest BCUT2D eigenvalue weighted by molar-refractivity contribution is 7.97. The molecule has 1 aliphatic heterocycles. The molecular formula is C23H32N6O2S. The van der Waals surface area contributed by atoms with E-state index in [1.165, 1.54) is 0 Å². The maximum Gasteiger partial charge on any atom is 0.277 e. The van der Waals surface area contributed by atoms with Gasteiger partial charge in [0.15, 0.2) is 5.52 Å². The van der Waals surface area contributed by atoms with E-state index in [1.807, 2.05) is 13.0 Å². The normalized spacial score (nSPS) is 19.5. The minimum absolute atomic E-state index is 0.187. The number of hydrogen-bond acceptors (Lipinski definition) is 7. The van der Waals surface area contributed by atoms with Crippen molar-refractivity contribution >= 4 is 23.0 Å².